The third kappa shape index (κ3) is 2.56. The second-order valence-electron chi connectivity index (χ2n) is 7.75. The van der Waals surface area contributed by atoms with Crippen LogP contribution in [0.3, 0.4) is 0 Å². The zero-order valence-electron chi connectivity index (χ0n) is 15.5. The molecule has 0 aromatic carbocycles. The standard InChI is InChI=1S/C20H22FN5O/c1-12-7-13(2)23-19-16(12)11-26-17(19)4-6-25(20(26)27)15-9-24(10-15)14-3-5-22-18(21)8-14/h3,5,7-8,15,17H,4,6,9-11H2,1-2H3. The highest BCUT2D eigenvalue weighted by atomic mass is 19.1. The van der Waals surface area contributed by atoms with E-state index in [0.717, 1.165) is 43.1 Å². The number of fused-ring (bicyclic) bond motifs is 3. The number of pyridine rings is 2. The van der Waals surface area contributed by atoms with Crippen LogP contribution in [0.25, 0.3) is 0 Å². The molecule has 5 rings (SSSR count). The number of carbonyl (C=O) groups is 1. The number of carbonyl (C=O) groups excluding carboxylic acids is 1. The fourth-order valence-electron chi connectivity index (χ4n) is 4.61. The molecular weight excluding hydrogens is 345 g/mol. The van der Waals surface area contributed by atoms with Crippen LogP contribution < -0.4 is 4.90 Å². The summed E-state index contributed by atoms with van der Waals surface area (Å²) in [6.07, 6.45) is 2.39. The maximum absolute atomic E-state index is 13.3. The van der Waals surface area contributed by atoms with Crippen molar-refractivity contribution < 1.29 is 9.18 Å². The van der Waals surface area contributed by atoms with Gasteiger partial charge in [-0.15, -0.1) is 0 Å². The Balaban J connectivity index is 1.30. The van der Waals surface area contributed by atoms with Crippen LogP contribution in [0.1, 0.15) is 35.0 Å². The number of hydrogen-bond acceptors (Lipinski definition) is 4. The number of aryl methyl sites for hydroxylation is 2. The van der Waals surface area contributed by atoms with Gasteiger partial charge in [-0.3, -0.25) is 4.98 Å². The lowest BCUT2D eigenvalue weighted by atomic mass is 10.0. The van der Waals surface area contributed by atoms with Crippen LogP contribution in [-0.4, -0.2) is 51.5 Å². The Morgan fingerprint density at radius 1 is 1.19 bits per heavy atom. The van der Waals surface area contributed by atoms with Crippen molar-refractivity contribution in [2.24, 2.45) is 0 Å². The summed E-state index contributed by atoms with van der Waals surface area (Å²) < 4.78 is 13.3. The predicted molar refractivity (Wildman–Crippen MR) is 98.9 cm³/mol. The Morgan fingerprint density at radius 3 is 2.78 bits per heavy atom. The second kappa shape index (κ2) is 5.90. The molecule has 1 atom stereocenters. The first-order valence-corrected chi connectivity index (χ1v) is 9.42. The number of amides is 2. The van der Waals surface area contributed by atoms with E-state index in [1.54, 1.807) is 6.07 Å². The molecule has 7 heteroatoms. The van der Waals surface area contributed by atoms with Crippen molar-refractivity contribution in [1.82, 2.24) is 19.8 Å². The Bertz CT molecular complexity index is 927. The monoisotopic (exact) mass is 367 g/mol. The largest absolute Gasteiger partial charge is 0.367 e. The van der Waals surface area contributed by atoms with E-state index in [1.807, 2.05) is 16.7 Å². The SMILES string of the molecule is Cc1cc(C)c2c(n1)C1CCN(C3CN(c4ccnc(F)c4)C3)C(=O)N1C2. The minimum absolute atomic E-state index is 0.104. The van der Waals surface area contributed by atoms with Gasteiger partial charge in [-0.05, 0) is 43.5 Å². The molecule has 0 aliphatic carbocycles. The van der Waals surface area contributed by atoms with Crippen molar-refractivity contribution in [3.8, 4) is 0 Å². The number of nitrogens with zero attached hydrogens (tertiary/aromatic N) is 5. The number of anilines is 1. The molecule has 0 radical (unpaired) electrons. The zero-order valence-corrected chi connectivity index (χ0v) is 15.5. The van der Waals surface area contributed by atoms with Gasteiger partial charge in [-0.25, -0.2) is 9.78 Å². The molecular formula is C20H22FN5O. The van der Waals surface area contributed by atoms with Crippen LogP contribution in [-0.2, 0) is 6.54 Å². The van der Waals surface area contributed by atoms with Gasteiger partial charge in [0.1, 0.15) is 0 Å². The third-order valence-electron chi connectivity index (χ3n) is 6.04. The first-order chi connectivity index (χ1) is 13.0. The van der Waals surface area contributed by atoms with E-state index in [-0.39, 0.29) is 18.1 Å². The summed E-state index contributed by atoms with van der Waals surface area (Å²) in [5.41, 5.74) is 5.36. The summed E-state index contributed by atoms with van der Waals surface area (Å²) in [5.74, 6) is -0.471. The highest BCUT2D eigenvalue weighted by molar-refractivity contribution is 5.78. The molecule has 2 fully saturated rings. The maximum Gasteiger partial charge on any atom is 0.321 e. The van der Waals surface area contributed by atoms with Crippen LogP contribution in [0.2, 0.25) is 0 Å². The van der Waals surface area contributed by atoms with E-state index in [1.165, 1.54) is 23.4 Å². The quantitative estimate of drug-likeness (QED) is 0.766. The molecule has 2 aromatic heterocycles. The fraction of sp³-hybridized carbons (Fsp3) is 0.450. The zero-order chi connectivity index (χ0) is 18.7. The molecule has 6 nitrogen and oxygen atoms in total. The second-order valence-corrected chi connectivity index (χ2v) is 7.75. The highest BCUT2D eigenvalue weighted by Crippen LogP contribution is 2.41. The fourth-order valence-corrected chi connectivity index (χ4v) is 4.61. The van der Waals surface area contributed by atoms with Crippen molar-refractivity contribution in [2.75, 3.05) is 24.5 Å². The summed E-state index contributed by atoms with van der Waals surface area (Å²) in [6, 6.07) is 5.73. The highest BCUT2D eigenvalue weighted by Gasteiger charge is 2.45. The van der Waals surface area contributed by atoms with E-state index in [0.29, 0.717) is 6.54 Å². The topological polar surface area (TPSA) is 52.6 Å². The van der Waals surface area contributed by atoms with Gasteiger partial charge < -0.3 is 14.7 Å². The van der Waals surface area contributed by atoms with E-state index in [4.69, 9.17) is 4.98 Å². The van der Waals surface area contributed by atoms with Crippen molar-refractivity contribution in [3.63, 3.8) is 0 Å². The molecule has 1 unspecified atom stereocenters. The molecule has 3 aliphatic heterocycles. The summed E-state index contributed by atoms with van der Waals surface area (Å²) in [5, 5.41) is 0. The lowest BCUT2D eigenvalue weighted by Crippen LogP contribution is -2.64. The summed E-state index contributed by atoms with van der Waals surface area (Å²) in [7, 11) is 0. The molecule has 3 aliphatic rings. The number of halogens is 1. The molecule has 5 heterocycles. The van der Waals surface area contributed by atoms with Crippen LogP contribution >= 0.6 is 0 Å². The van der Waals surface area contributed by atoms with Gasteiger partial charge in [0.05, 0.1) is 24.3 Å². The molecule has 0 N–H and O–H groups in total. The Hall–Kier alpha value is -2.70. The Kier molecular flexibility index (Phi) is 3.60. The third-order valence-corrected chi connectivity index (χ3v) is 6.04. The lowest BCUT2D eigenvalue weighted by molar-refractivity contribution is 0.0757. The predicted octanol–water partition coefficient (Wildman–Crippen LogP) is 2.80. The van der Waals surface area contributed by atoms with Crippen molar-refractivity contribution in [1.29, 1.82) is 0 Å². The Morgan fingerprint density at radius 2 is 2.00 bits per heavy atom. The smallest absolute Gasteiger partial charge is 0.321 e. The van der Waals surface area contributed by atoms with Gasteiger partial charge in [0, 0.05) is 43.3 Å². The molecule has 2 amide bonds. The van der Waals surface area contributed by atoms with Gasteiger partial charge >= 0.3 is 6.03 Å². The van der Waals surface area contributed by atoms with E-state index < -0.39 is 5.95 Å². The van der Waals surface area contributed by atoms with Crippen molar-refractivity contribution in [3.05, 3.63) is 52.9 Å². The van der Waals surface area contributed by atoms with Crippen LogP contribution in [0.4, 0.5) is 14.9 Å². The number of hydrogen-bond donors (Lipinski definition) is 0. The van der Waals surface area contributed by atoms with Gasteiger partial charge in [-0.1, -0.05) is 0 Å². The Labute approximate surface area is 157 Å². The van der Waals surface area contributed by atoms with E-state index in [2.05, 4.69) is 22.9 Å². The molecule has 2 saturated heterocycles. The average molecular weight is 367 g/mol. The van der Waals surface area contributed by atoms with Crippen LogP contribution in [0.15, 0.2) is 24.4 Å². The van der Waals surface area contributed by atoms with Gasteiger partial charge in [0.2, 0.25) is 5.95 Å². The van der Waals surface area contributed by atoms with Crippen molar-refractivity contribution in [2.45, 2.75) is 38.9 Å². The average Bonchev–Trinajstić information content (AvgIpc) is 2.95. The maximum atomic E-state index is 13.3. The minimum atomic E-state index is -0.471. The normalized spacial score (nSPS) is 22.0. The van der Waals surface area contributed by atoms with Crippen LogP contribution in [0.5, 0.6) is 0 Å². The molecule has 2 aromatic rings. The van der Waals surface area contributed by atoms with E-state index >= 15 is 0 Å². The van der Waals surface area contributed by atoms with Gasteiger partial charge in [0.15, 0.2) is 0 Å². The minimum Gasteiger partial charge on any atom is -0.367 e. The molecule has 0 saturated carbocycles. The number of urea groups is 1. The summed E-state index contributed by atoms with van der Waals surface area (Å²) >= 11 is 0. The van der Waals surface area contributed by atoms with Gasteiger partial charge in [-0.2, -0.15) is 4.39 Å². The lowest BCUT2D eigenvalue weighted by Gasteiger charge is -2.50. The molecule has 140 valence electrons. The molecule has 27 heavy (non-hydrogen) atoms. The van der Waals surface area contributed by atoms with E-state index in [9.17, 15) is 9.18 Å². The molecule has 0 spiro atoms. The van der Waals surface area contributed by atoms with Crippen molar-refractivity contribution >= 4 is 11.7 Å². The first-order valence-electron chi connectivity index (χ1n) is 9.42. The number of rotatable bonds is 2. The molecule has 0 bridgehead atoms. The number of aromatic nitrogens is 2. The first kappa shape index (κ1) is 16.5. The van der Waals surface area contributed by atoms with Crippen LogP contribution in [0, 0.1) is 19.8 Å². The summed E-state index contributed by atoms with van der Waals surface area (Å²) in [4.78, 5) is 27.5. The summed E-state index contributed by atoms with van der Waals surface area (Å²) in [6.45, 7) is 6.98. The van der Waals surface area contributed by atoms with Gasteiger partial charge in [0.25, 0.3) is 0 Å².